The quantitative estimate of drug-likeness (QED) is 0.716. The van der Waals surface area contributed by atoms with E-state index in [0.29, 0.717) is 0 Å². The van der Waals surface area contributed by atoms with Crippen LogP contribution in [-0.4, -0.2) is 41.1 Å². The Bertz CT molecular complexity index is 1030. The number of hydrogen-bond donors (Lipinski definition) is 2. The van der Waals surface area contributed by atoms with E-state index in [4.69, 9.17) is 9.72 Å². The maximum absolute atomic E-state index is 5.45. The van der Waals surface area contributed by atoms with Crippen molar-refractivity contribution in [3.05, 3.63) is 59.9 Å². The zero-order valence-corrected chi connectivity index (χ0v) is 16.4. The maximum Gasteiger partial charge on any atom is 0.136 e. The van der Waals surface area contributed by atoms with Gasteiger partial charge < -0.3 is 20.3 Å². The fraction of sp³-hybridized carbons (Fsp3) is 0.273. The Labute approximate surface area is 170 Å². The van der Waals surface area contributed by atoms with Crippen LogP contribution in [0.1, 0.15) is 11.1 Å². The fourth-order valence-corrected chi connectivity index (χ4v) is 3.74. The highest BCUT2D eigenvalue weighted by Crippen LogP contribution is 2.30. The van der Waals surface area contributed by atoms with Gasteiger partial charge in [-0.15, -0.1) is 0 Å². The summed E-state index contributed by atoms with van der Waals surface area (Å²) in [6, 6.07) is 12.6. The van der Waals surface area contributed by atoms with Crippen LogP contribution in [0.25, 0.3) is 17.5 Å². The summed E-state index contributed by atoms with van der Waals surface area (Å²) in [5, 5.41) is 11.3. The molecule has 29 heavy (non-hydrogen) atoms. The predicted molar refractivity (Wildman–Crippen MR) is 115 cm³/mol. The zero-order chi connectivity index (χ0) is 19.6. The van der Waals surface area contributed by atoms with Gasteiger partial charge in [0, 0.05) is 49.8 Å². The highest BCUT2D eigenvalue weighted by atomic mass is 16.5. The molecule has 3 aromatic rings. The second-order valence-electron chi connectivity index (χ2n) is 7.28. The van der Waals surface area contributed by atoms with Gasteiger partial charge in [-0.2, -0.15) is 5.10 Å². The van der Waals surface area contributed by atoms with Crippen molar-refractivity contribution in [3.8, 4) is 11.4 Å². The number of ether oxygens (including phenoxy) is 1. The molecular formula is C22H24N6O. The van der Waals surface area contributed by atoms with E-state index in [9.17, 15) is 0 Å². The van der Waals surface area contributed by atoms with E-state index < -0.39 is 0 Å². The summed E-state index contributed by atoms with van der Waals surface area (Å²) in [5.41, 5.74) is 6.29. The van der Waals surface area contributed by atoms with Gasteiger partial charge in [-0.1, -0.05) is 0 Å². The SMILES string of the molecule is Cn1ccc(-c2cc3c(c(Nc4ccc(N5CCOCC5)cc4)n2)CNC=C3)n1. The van der Waals surface area contributed by atoms with Gasteiger partial charge in [-0.05, 0) is 54.2 Å². The van der Waals surface area contributed by atoms with E-state index in [1.165, 1.54) is 5.69 Å². The average molecular weight is 388 g/mol. The Morgan fingerprint density at radius 3 is 2.66 bits per heavy atom. The Kier molecular flexibility index (Phi) is 4.65. The van der Waals surface area contributed by atoms with Crippen LogP contribution >= 0.6 is 0 Å². The van der Waals surface area contributed by atoms with E-state index >= 15 is 0 Å². The number of nitrogens with one attached hydrogen (secondary N) is 2. The van der Waals surface area contributed by atoms with Crippen LogP contribution < -0.4 is 15.5 Å². The molecule has 1 aromatic carbocycles. The highest BCUT2D eigenvalue weighted by Gasteiger charge is 2.16. The molecule has 7 nitrogen and oxygen atoms in total. The molecule has 1 fully saturated rings. The number of fused-ring (bicyclic) bond motifs is 1. The summed E-state index contributed by atoms with van der Waals surface area (Å²) in [4.78, 5) is 7.24. The highest BCUT2D eigenvalue weighted by molar-refractivity contribution is 5.73. The molecule has 0 radical (unpaired) electrons. The molecule has 2 N–H and O–H groups in total. The molecule has 2 aromatic heterocycles. The van der Waals surface area contributed by atoms with Gasteiger partial charge in [-0.3, -0.25) is 4.68 Å². The molecular weight excluding hydrogens is 364 g/mol. The monoisotopic (exact) mass is 388 g/mol. The number of benzene rings is 1. The number of aromatic nitrogens is 3. The maximum atomic E-state index is 5.45. The molecule has 0 atom stereocenters. The van der Waals surface area contributed by atoms with Gasteiger partial charge >= 0.3 is 0 Å². The molecule has 7 heteroatoms. The minimum Gasteiger partial charge on any atom is -0.387 e. The first kappa shape index (κ1) is 17.8. The minimum atomic E-state index is 0.746. The average Bonchev–Trinajstić information content (AvgIpc) is 3.21. The molecule has 5 rings (SSSR count). The van der Waals surface area contributed by atoms with E-state index in [2.05, 4.69) is 57.0 Å². The predicted octanol–water partition coefficient (Wildman–Crippen LogP) is 3.14. The molecule has 2 aliphatic rings. The van der Waals surface area contributed by atoms with Gasteiger partial charge in [0.1, 0.15) is 11.5 Å². The zero-order valence-electron chi connectivity index (χ0n) is 16.4. The van der Waals surface area contributed by atoms with Gasteiger partial charge in [0.05, 0.1) is 18.9 Å². The van der Waals surface area contributed by atoms with Crippen LogP contribution in [0.4, 0.5) is 17.2 Å². The lowest BCUT2D eigenvalue weighted by atomic mass is 10.0. The Balaban J connectivity index is 1.45. The number of anilines is 3. The number of morpholine rings is 1. The van der Waals surface area contributed by atoms with Crippen LogP contribution in [0.5, 0.6) is 0 Å². The smallest absolute Gasteiger partial charge is 0.136 e. The molecule has 2 aliphatic heterocycles. The van der Waals surface area contributed by atoms with Gasteiger partial charge in [0.25, 0.3) is 0 Å². The summed E-state index contributed by atoms with van der Waals surface area (Å²) in [7, 11) is 1.92. The van der Waals surface area contributed by atoms with Crippen molar-refractivity contribution < 1.29 is 4.74 Å². The molecule has 148 valence electrons. The van der Waals surface area contributed by atoms with Crippen molar-refractivity contribution in [1.29, 1.82) is 0 Å². The van der Waals surface area contributed by atoms with Gasteiger partial charge in [-0.25, -0.2) is 4.98 Å². The topological polar surface area (TPSA) is 67.2 Å². The third-order valence-corrected chi connectivity index (χ3v) is 5.30. The first-order valence-corrected chi connectivity index (χ1v) is 9.90. The molecule has 0 aliphatic carbocycles. The standard InChI is InChI=1S/C22H24N6O/c1-27-9-7-20(26-27)21-14-16-6-8-23-15-19(16)22(25-21)24-17-2-4-18(5-3-17)28-10-12-29-13-11-28/h2-9,14,23H,10-13,15H2,1H3,(H,24,25). The van der Waals surface area contributed by atoms with Crippen LogP contribution in [0.2, 0.25) is 0 Å². The van der Waals surface area contributed by atoms with Crippen LogP contribution in [0.15, 0.2) is 48.8 Å². The molecule has 1 saturated heterocycles. The van der Waals surface area contributed by atoms with Crippen molar-refractivity contribution in [3.63, 3.8) is 0 Å². The van der Waals surface area contributed by atoms with Gasteiger partial charge in [0.2, 0.25) is 0 Å². The first-order chi connectivity index (χ1) is 14.3. The van der Waals surface area contributed by atoms with Crippen molar-refractivity contribution in [1.82, 2.24) is 20.1 Å². The van der Waals surface area contributed by atoms with E-state index in [1.807, 2.05) is 25.5 Å². The third-order valence-electron chi connectivity index (χ3n) is 5.30. The Morgan fingerprint density at radius 2 is 1.90 bits per heavy atom. The molecule has 0 bridgehead atoms. The van der Waals surface area contributed by atoms with E-state index in [0.717, 1.165) is 66.9 Å². The summed E-state index contributed by atoms with van der Waals surface area (Å²) in [5.74, 6) is 0.860. The summed E-state index contributed by atoms with van der Waals surface area (Å²) >= 11 is 0. The molecule has 4 heterocycles. The second kappa shape index (κ2) is 7.60. The van der Waals surface area contributed by atoms with Crippen LogP contribution in [-0.2, 0) is 18.3 Å². The lowest BCUT2D eigenvalue weighted by Gasteiger charge is -2.29. The lowest BCUT2D eigenvalue weighted by molar-refractivity contribution is 0.122. The normalized spacial score (nSPS) is 15.7. The molecule has 0 unspecified atom stereocenters. The number of nitrogens with zero attached hydrogens (tertiary/aromatic N) is 4. The number of pyridine rings is 1. The first-order valence-electron chi connectivity index (χ1n) is 9.90. The lowest BCUT2D eigenvalue weighted by Crippen LogP contribution is -2.36. The summed E-state index contributed by atoms with van der Waals surface area (Å²) in [6.07, 6.45) is 6.00. The molecule has 0 amide bonds. The van der Waals surface area contributed by atoms with Gasteiger partial charge in [0.15, 0.2) is 0 Å². The van der Waals surface area contributed by atoms with Crippen molar-refractivity contribution >= 4 is 23.3 Å². The van der Waals surface area contributed by atoms with Crippen LogP contribution in [0.3, 0.4) is 0 Å². The number of aryl methyl sites for hydroxylation is 1. The molecule has 0 saturated carbocycles. The fourth-order valence-electron chi connectivity index (χ4n) is 3.74. The summed E-state index contributed by atoms with van der Waals surface area (Å²) < 4.78 is 7.24. The Hall–Kier alpha value is -3.32. The second-order valence-corrected chi connectivity index (χ2v) is 7.28. The van der Waals surface area contributed by atoms with E-state index in [1.54, 1.807) is 4.68 Å². The number of rotatable bonds is 4. The largest absolute Gasteiger partial charge is 0.387 e. The Morgan fingerprint density at radius 1 is 1.07 bits per heavy atom. The molecule has 0 spiro atoms. The number of hydrogen-bond acceptors (Lipinski definition) is 6. The van der Waals surface area contributed by atoms with Crippen molar-refractivity contribution in [2.45, 2.75) is 6.54 Å². The van der Waals surface area contributed by atoms with Crippen molar-refractivity contribution in [2.24, 2.45) is 7.05 Å². The van der Waals surface area contributed by atoms with E-state index in [-0.39, 0.29) is 0 Å². The minimum absolute atomic E-state index is 0.746. The summed E-state index contributed by atoms with van der Waals surface area (Å²) in [6.45, 7) is 4.20. The third kappa shape index (κ3) is 3.69. The van der Waals surface area contributed by atoms with Crippen molar-refractivity contribution in [2.75, 3.05) is 36.5 Å². The van der Waals surface area contributed by atoms with Crippen LogP contribution in [0, 0.1) is 0 Å².